The van der Waals surface area contributed by atoms with Gasteiger partial charge in [-0.05, 0) is 36.0 Å². The molecule has 0 bridgehead atoms. The molecule has 0 saturated carbocycles. The van der Waals surface area contributed by atoms with Gasteiger partial charge in [0.05, 0.1) is 0 Å². The van der Waals surface area contributed by atoms with Gasteiger partial charge in [0.2, 0.25) is 0 Å². The smallest absolute Gasteiger partial charge is 0.0184 e. The molecule has 3 rings (SSSR count). The van der Waals surface area contributed by atoms with Crippen LogP contribution in [0.3, 0.4) is 0 Å². The number of thioether (sulfide) groups is 1. The minimum absolute atomic E-state index is 0.252. The Morgan fingerprint density at radius 2 is 1.09 bits per heavy atom. The van der Waals surface area contributed by atoms with Gasteiger partial charge >= 0.3 is 0 Å². The molecule has 0 aliphatic carbocycles. The topological polar surface area (TPSA) is 0 Å². The van der Waals surface area contributed by atoms with E-state index in [1.54, 1.807) is 0 Å². The van der Waals surface area contributed by atoms with Crippen LogP contribution in [0.5, 0.6) is 0 Å². The molecule has 0 aromatic heterocycles. The van der Waals surface area contributed by atoms with Crippen LogP contribution in [0.2, 0.25) is 0 Å². The molecule has 23 heavy (non-hydrogen) atoms. The van der Waals surface area contributed by atoms with Crippen molar-refractivity contribution >= 4 is 30.3 Å². The molecule has 0 aliphatic heterocycles. The second kappa shape index (κ2) is 8.91. The number of hydrogen-bond acceptors (Lipinski definition) is 1. The van der Waals surface area contributed by atoms with E-state index in [0.29, 0.717) is 0 Å². The molecule has 0 spiro atoms. The zero-order valence-corrected chi connectivity index (χ0v) is 14.8. The minimum atomic E-state index is -0.252. The molecule has 116 valence electrons. The lowest BCUT2D eigenvalue weighted by Crippen LogP contribution is -2.14. The van der Waals surface area contributed by atoms with Crippen LogP contribution in [0.4, 0.5) is 0 Å². The van der Waals surface area contributed by atoms with E-state index < -0.39 is 0 Å². The fraction of sp³-hybridized carbons (Fsp3) is 0.143. The Morgan fingerprint density at radius 1 is 0.609 bits per heavy atom. The summed E-state index contributed by atoms with van der Waals surface area (Å²) in [5.41, 5.74) is 1.42. The van der Waals surface area contributed by atoms with Gasteiger partial charge in [-0.25, -0.2) is 0 Å². The lowest BCUT2D eigenvalue weighted by Gasteiger charge is -2.18. The molecule has 0 heterocycles. The zero-order chi connectivity index (χ0) is 15.7. The highest BCUT2D eigenvalue weighted by Gasteiger charge is 2.12. The molecule has 0 nitrogen and oxygen atoms in total. The molecular formula is C21H21PS. The second-order valence-corrected chi connectivity index (χ2v) is 8.80. The molecule has 2 heteroatoms. The maximum absolute atomic E-state index is 2.28. The number of benzene rings is 3. The largest absolute Gasteiger partial charge is 0.157 e. The lowest BCUT2D eigenvalue weighted by atomic mass is 10.2. The molecular weight excluding hydrogens is 315 g/mol. The van der Waals surface area contributed by atoms with Crippen LogP contribution in [0.25, 0.3) is 0 Å². The monoisotopic (exact) mass is 336 g/mol. The van der Waals surface area contributed by atoms with Gasteiger partial charge in [0.25, 0.3) is 0 Å². The average molecular weight is 336 g/mol. The SMILES string of the molecule is c1ccc(CSCCP(c2ccccc2)c2ccccc2)cc1. The highest BCUT2D eigenvalue weighted by Crippen LogP contribution is 2.34. The van der Waals surface area contributed by atoms with E-state index in [1.165, 1.54) is 28.1 Å². The predicted octanol–water partition coefficient (Wildman–Crippen LogP) is 5.05. The Kier molecular flexibility index (Phi) is 6.32. The zero-order valence-electron chi connectivity index (χ0n) is 13.1. The minimum Gasteiger partial charge on any atom is -0.157 e. The van der Waals surface area contributed by atoms with Crippen molar-refractivity contribution in [2.45, 2.75) is 5.75 Å². The van der Waals surface area contributed by atoms with E-state index in [4.69, 9.17) is 0 Å². The van der Waals surface area contributed by atoms with Gasteiger partial charge in [0.1, 0.15) is 0 Å². The first-order valence-corrected chi connectivity index (χ1v) is 10.6. The van der Waals surface area contributed by atoms with Gasteiger partial charge < -0.3 is 0 Å². The third kappa shape index (κ3) is 4.96. The summed E-state index contributed by atoms with van der Waals surface area (Å²) in [7, 11) is -0.252. The van der Waals surface area contributed by atoms with Gasteiger partial charge in [-0.2, -0.15) is 11.8 Å². The Hall–Kier alpha value is -1.56. The highest BCUT2D eigenvalue weighted by atomic mass is 32.2. The first-order chi connectivity index (χ1) is 11.4. The molecule has 0 N–H and O–H groups in total. The van der Waals surface area contributed by atoms with Crippen molar-refractivity contribution in [3.05, 3.63) is 96.6 Å². The molecule has 0 aliphatic rings. The van der Waals surface area contributed by atoms with Gasteiger partial charge in [0.15, 0.2) is 0 Å². The number of rotatable bonds is 7. The van der Waals surface area contributed by atoms with E-state index in [0.717, 1.165) is 5.75 Å². The first-order valence-electron chi connectivity index (χ1n) is 7.93. The molecule has 3 aromatic carbocycles. The summed E-state index contributed by atoms with van der Waals surface area (Å²) in [6, 6.07) is 32.7. The Balaban J connectivity index is 1.63. The molecule has 0 fully saturated rings. The van der Waals surface area contributed by atoms with E-state index in [-0.39, 0.29) is 7.92 Å². The normalized spacial score (nSPS) is 10.8. The fourth-order valence-electron chi connectivity index (χ4n) is 2.54. The summed E-state index contributed by atoms with van der Waals surface area (Å²) < 4.78 is 0. The maximum Gasteiger partial charge on any atom is 0.0184 e. The van der Waals surface area contributed by atoms with E-state index in [1.807, 2.05) is 11.8 Å². The van der Waals surface area contributed by atoms with Crippen LogP contribution in [0.15, 0.2) is 91.0 Å². The highest BCUT2D eigenvalue weighted by molar-refractivity contribution is 7.99. The standard InChI is InChI=1S/C21H21PS/c1-4-10-19(11-5-1)18-23-17-16-22(20-12-6-2-7-13-20)21-14-8-3-9-15-21/h1-15H,16-18H2. The Morgan fingerprint density at radius 3 is 1.61 bits per heavy atom. The van der Waals surface area contributed by atoms with Crippen molar-refractivity contribution < 1.29 is 0 Å². The maximum atomic E-state index is 2.28. The Labute approximate surface area is 144 Å². The van der Waals surface area contributed by atoms with Crippen molar-refractivity contribution in [1.29, 1.82) is 0 Å². The van der Waals surface area contributed by atoms with Gasteiger partial charge in [0, 0.05) is 5.75 Å². The molecule has 0 amide bonds. The van der Waals surface area contributed by atoms with Crippen LogP contribution in [-0.4, -0.2) is 11.9 Å². The summed E-state index contributed by atoms with van der Waals surface area (Å²) in [5, 5.41) is 2.96. The average Bonchev–Trinajstić information content (AvgIpc) is 2.64. The molecule has 0 atom stereocenters. The summed E-state index contributed by atoms with van der Waals surface area (Å²) in [6.07, 6.45) is 1.24. The van der Waals surface area contributed by atoms with Gasteiger partial charge in [-0.1, -0.05) is 91.0 Å². The van der Waals surface area contributed by atoms with Crippen molar-refractivity contribution in [3.63, 3.8) is 0 Å². The molecule has 0 unspecified atom stereocenters. The molecule has 0 radical (unpaired) electrons. The number of hydrogen-bond donors (Lipinski definition) is 0. The predicted molar refractivity (Wildman–Crippen MR) is 107 cm³/mol. The third-order valence-corrected chi connectivity index (χ3v) is 7.55. The van der Waals surface area contributed by atoms with Crippen molar-refractivity contribution in [3.8, 4) is 0 Å². The van der Waals surface area contributed by atoms with Crippen LogP contribution >= 0.6 is 19.7 Å². The quantitative estimate of drug-likeness (QED) is 0.430. The van der Waals surface area contributed by atoms with Gasteiger partial charge in [-0.15, -0.1) is 0 Å². The van der Waals surface area contributed by atoms with Gasteiger partial charge in [-0.3, -0.25) is 0 Å². The van der Waals surface area contributed by atoms with E-state index in [9.17, 15) is 0 Å². The van der Waals surface area contributed by atoms with Crippen LogP contribution in [-0.2, 0) is 5.75 Å². The first kappa shape index (κ1) is 16.3. The lowest BCUT2D eigenvalue weighted by molar-refractivity contribution is 1.40. The third-order valence-electron chi connectivity index (χ3n) is 3.71. The molecule has 0 saturated heterocycles. The van der Waals surface area contributed by atoms with Crippen LogP contribution in [0, 0.1) is 0 Å². The van der Waals surface area contributed by atoms with Crippen molar-refractivity contribution in [2.75, 3.05) is 11.9 Å². The van der Waals surface area contributed by atoms with Crippen molar-refractivity contribution in [2.24, 2.45) is 0 Å². The molecule has 3 aromatic rings. The van der Waals surface area contributed by atoms with E-state index >= 15 is 0 Å². The summed E-state index contributed by atoms with van der Waals surface area (Å²) in [4.78, 5) is 0. The second-order valence-electron chi connectivity index (χ2n) is 5.36. The van der Waals surface area contributed by atoms with Crippen LogP contribution < -0.4 is 10.6 Å². The van der Waals surface area contributed by atoms with Crippen molar-refractivity contribution in [1.82, 2.24) is 0 Å². The summed E-state index contributed by atoms with van der Waals surface area (Å²) in [5.74, 6) is 2.30. The fourth-order valence-corrected chi connectivity index (χ4v) is 6.24. The summed E-state index contributed by atoms with van der Waals surface area (Å²) >= 11 is 2.04. The van der Waals surface area contributed by atoms with E-state index in [2.05, 4.69) is 91.0 Å². The summed E-state index contributed by atoms with van der Waals surface area (Å²) in [6.45, 7) is 0. The Bertz CT molecular complexity index is 643. The van der Waals surface area contributed by atoms with Crippen LogP contribution in [0.1, 0.15) is 5.56 Å².